The smallest absolute Gasteiger partial charge is 0.239 e. The van der Waals surface area contributed by atoms with Gasteiger partial charge in [0.1, 0.15) is 16.9 Å². The number of hydrogen-bond donors (Lipinski definition) is 2. The quantitative estimate of drug-likeness (QED) is 0.773. The molecule has 5 heteroatoms. The Morgan fingerprint density at radius 3 is 2.76 bits per heavy atom. The van der Waals surface area contributed by atoms with Gasteiger partial charge in [0, 0.05) is 23.9 Å². The summed E-state index contributed by atoms with van der Waals surface area (Å²) in [6, 6.07) is 11.6. The number of amides is 1. The lowest BCUT2D eigenvalue weighted by Gasteiger charge is -2.10. The lowest BCUT2D eigenvalue weighted by Crippen LogP contribution is -2.26. The maximum absolute atomic E-state index is 11.4. The number of hydrogen-bond acceptors (Lipinski definition) is 4. The number of ether oxygens (including phenoxy) is 1. The maximum Gasteiger partial charge on any atom is 0.239 e. The van der Waals surface area contributed by atoms with Crippen LogP contribution in [0.1, 0.15) is 0 Å². The van der Waals surface area contributed by atoms with Crippen LogP contribution in [0, 0.1) is 0 Å². The number of anilines is 1. The predicted molar refractivity (Wildman–Crippen MR) is 82.8 cm³/mol. The highest BCUT2D eigenvalue weighted by Crippen LogP contribution is 2.36. The SMILES string of the molecule is CNC(=O)CNc1cc2oc3ccccc3c2cc1OC. The number of rotatable bonds is 4. The molecule has 1 heterocycles. The first-order chi connectivity index (χ1) is 10.2. The van der Waals surface area contributed by atoms with Gasteiger partial charge in [0.05, 0.1) is 19.3 Å². The van der Waals surface area contributed by atoms with E-state index in [1.807, 2.05) is 36.4 Å². The molecule has 0 atom stereocenters. The van der Waals surface area contributed by atoms with Crippen LogP contribution in [-0.2, 0) is 4.79 Å². The number of fused-ring (bicyclic) bond motifs is 3. The van der Waals surface area contributed by atoms with Gasteiger partial charge in [-0.1, -0.05) is 18.2 Å². The van der Waals surface area contributed by atoms with Crippen molar-refractivity contribution >= 4 is 33.5 Å². The molecule has 3 rings (SSSR count). The Bertz CT molecular complexity index is 808. The van der Waals surface area contributed by atoms with Crippen molar-refractivity contribution in [1.82, 2.24) is 5.32 Å². The van der Waals surface area contributed by atoms with Gasteiger partial charge in [0.15, 0.2) is 0 Å². The average molecular weight is 284 g/mol. The second-order valence-electron chi connectivity index (χ2n) is 4.67. The Balaban J connectivity index is 2.08. The van der Waals surface area contributed by atoms with Crippen LogP contribution in [-0.4, -0.2) is 26.6 Å². The van der Waals surface area contributed by atoms with Crippen molar-refractivity contribution in [2.75, 3.05) is 26.0 Å². The second kappa shape index (κ2) is 5.36. The van der Waals surface area contributed by atoms with E-state index in [4.69, 9.17) is 9.15 Å². The number of methoxy groups -OCH3 is 1. The summed E-state index contributed by atoms with van der Waals surface area (Å²) < 4.78 is 11.2. The first-order valence-electron chi connectivity index (χ1n) is 6.66. The lowest BCUT2D eigenvalue weighted by molar-refractivity contribution is -0.118. The van der Waals surface area contributed by atoms with Crippen molar-refractivity contribution < 1.29 is 13.9 Å². The summed E-state index contributed by atoms with van der Waals surface area (Å²) in [4.78, 5) is 11.4. The van der Waals surface area contributed by atoms with Gasteiger partial charge >= 0.3 is 0 Å². The van der Waals surface area contributed by atoms with Crippen molar-refractivity contribution in [2.24, 2.45) is 0 Å². The minimum atomic E-state index is -0.0956. The highest BCUT2D eigenvalue weighted by atomic mass is 16.5. The van der Waals surface area contributed by atoms with E-state index in [2.05, 4.69) is 10.6 Å². The number of furan rings is 1. The zero-order chi connectivity index (χ0) is 14.8. The van der Waals surface area contributed by atoms with Crippen LogP contribution >= 0.6 is 0 Å². The molecule has 0 saturated heterocycles. The minimum Gasteiger partial charge on any atom is -0.495 e. The molecule has 0 aliphatic rings. The topological polar surface area (TPSA) is 63.5 Å². The van der Waals surface area contributed by atoms with Gasteiger partial charge in [-0.15, -0.1) is 0 Å². The third kappa shape index (κ3) is 2.38. The number of para-hydroxylation sites is 1. The van der Waals surface area contributed by atoms with Gasteiger partial charge < -0.3 is 19.8 Å². The third-order valence-electron chi connectivity index (χ3n) is 3.42. The van der Waals surface area contributed by atoms with E-state index in [0.717, 1.165) is 27.6 Å². The summed E-state index contributed by atoms with van der Waals surface area (Å²) in [5.41, 5.74) is 2.32. The van der Waals surface area contributed by atoms with Crippen molar-refractivity contribution in [3.63, 3.8) is 0 Å². The van der Waals surface area contributed by atoms with Crippen molar-refractivity contribution in [1.29, 1.82) is 0 Å². The van der Waals surface area contributed by atoms with E-state index in [-0.39, 0.29) is 12.5 Å². The molecular weight excluding hydrogens is 268 g/mol. The van der Waals surface area contributed by atoms with E-state index in [0.29, 0.717) is 5.75 Å². The number of nitrogens with one attached hydrogen (secondary N) is 2. The second-order valence-corrected chi connectivity index (χ2v) is 4.67. The van der Waals surface area contributed by atoms with Gasteiger partial charge in [-0.05, 0) is 12.1 Å². The van der Waals surface area contributed by atoms with Crippen molar-refractivity contribution in [3.05, 3.63) is 36.4 Å². The number of carbonyl (C=O) groups is 1. The van der Waals surface area contributed by atoms with Crippen LogP contribution < -0.4 is 15.4 Å². The summed E-state index contributed by atoms with van der Waals surface area (Å²) in [5.74, 6) is 0.583. The molecule has 0 aliphatic heterocycles. The summed E-state index contributed by atoms with van der Waals surface area (Å²) >= 11 is 0. The van der Waals surface area contributed by atoms with E-state index in [9.17, 15) is 4.79 Å². The first kappa shape index (κ1) is 13.3. The minimum absolute atomic E-state index is 0.0956. The van der Waals surface area contributed by atoms with Crippen LogP contribution in [0.2, 0.25) is 0 Å². The maximum atomic E-state index is 11.4. The van der Waals surface area contributed by atoms with Gasteiger partial charge in [0.2, 0.25) is 5.91 Å². The van der Waals surface area contributed by atoms with Crippen LogP contribution in [0.4, 0.5) is 5.69 Å². The molecule has 21 heavy (non-hydrogen) atoms. The Morgan fingerprint density at radius 2 is 2.00 bits per heavy atom. The van der Waals surface area contributed by atoms with Crippen LogP contribution in [0.5, 0.6) is 5.75 Å². The normalized spacial score (nSPS) is 10.8. The van der Waals surface area contributed by atoms with Gasteiger partial charge in [-0.25, -0.2) is 0 Å². The van der Waals surface area contributed by atoms with Crippen LogP contribution in [0.15, 0.2) is 40.8 Å². The molecule has 0 saturated carbocycles. The molecule has 108 valence electrons. The molecule has 0 radical (unpaired) electrons. The summed E-state index contributed by atoms with van der Waals surface area (Å²) in [6.45, 7) is 0.179. The predicted octanol–water partition coefficient (Wildman–Crippen LogP) is 2.75. The highest BCUT2D eigenvalue weighted by Gasteiger charge is 2.12. The van der Waals surface area contributed by atoms with Gasteiger partial charge in [0.25, 0.3) is 0 Å². The fourth-order valence-corrected chi connectivity index (χ4v) is 2.32. The molecule has 0 unspecified atom stereocenters. The number of likely N-dealkylation sites (N-methyl/N-ethyl adjacent to an activating group) is 1. The third-order valence-corrected chi connectivity index (χ3v) is 3.42. The Morgan fingerprint density at radius 1 is 1.19 bits per heavy atom. The summed E-state index contributed by atoms with van der Waals surface area (Å²) in [7, 11) is 3.21. The molecule has 2 N–H and O–H groups in total. The van der Waals surface area contributed by atoms with E-state index in [1.54, 1.807) is 14.2 Å². The molecule has 1 amide bonds. The average Bonchev–Trinajstić information content (AvgIpc) is 2.88. The molecule has 0 bridgehead atoms. The number of carbonyl (C=O) groups excluding carboxylic acids is 1. The van der Waals surface area contributed by atoms with Crippen molar-refractivity contribution in [2.45, 2.75) is 0 Å². The van der Waals surface area contributed by atoms with E-state index >= 15 is 0 Å². The molecule has 2 aromatic carbocycles. The highest BCUT2D eigenvalue weighted by molar-refractivity contribution is 6.06. The number of benzene rings is 2. The Hall–Kier alpha value is -2.69. The first-order valence-corrected chi connectivity index (χ1v) is 6.66. The fraction of sp³-hybridized carbons (Fsp3) is 0.188. The largest absolute Gasteiger partial charge is 0.495 e. The Kier molecular flexibility index (Phi) is 3.39. The van der Waals surface area contributed by atoms with Crippen molar-refractivity contribution in [3.8, 4) is 5.75 Å². The van der Waals surface area contributed by atoms with E-state index in [1.165, 1.54) is 0 Å². The zero-order valence-corrected chi connectivity index (χ0v) is 11.9. The van der Waals surface area contributed by atoms with E-state index < -0.39 is 0 Å². The molecule has 1 aromatic heterocycles. The monoisotopic (exact) mass is 284 g/mol. The molecule has 3 aromatic rings. The molecule has 5 nitrogen and oxygen atoms in total. The van der Waals surface area contributed by atoms with Crippen LogP contribution in [0.3, 0.4) is 0 Å². The molecule has 0 fully saturated rings. The lowest BCUT2D eigenvalue weighted by atomic mass is 10.1. The van der Waals surface area contributed by atoms with Gasteiger partial charge in [-0.3, -0.25) is 4.79 Å². The fourth-order valence-electron chi connectivity index (χ4n) is 2.32. The summed E-state index contributed by atoms with van der Waals surface area (Å²) in [5, 5.41) is 7.66. The molecule has 0 spiro atoms. The standard InChI is InChI=1S/C16H16N2O3/c1-17-16(19)9-18-12-8-14-11(7-15(12)20-2)10-5-3-4-6-13(10)21-14/h3-8,18H,9H2,1-2H3,(H,17,19). The zero-order valence-electron chi connectivity index (χ0n) is 11.9. The Labute approximate surface area is 121 Å². The molecular formula is C16H16N2O3. The van der Waals surface area contributed by atoms with Crippen LogP contribution in [0.25, 0.3) is 21.9 Å². The molecule has 0 aliphatic carbocycles. The summed E-state index contributed by atoms with van der Waals surface area (Å²) in [6.07, 6.45) is 0. The van der Waals surface area contributed by atoms with Gasteiger partial charge in [-0.2, -0.15) is 0 Å².